The van der Waals surface area contributed by atoms with Crippen molar-refractivity contribution in [3.8, 4) is 5.75 Å². The number of rotatable bonds is 1. The Bertz CT molecular complexity index is 556. The molecule has 0 fully saturated rings. The molecule has 0 saturated carbocycles. The van der Waals surface area contributed by atoms with E-state index in [-0.39, 0.29) is 11.9 Å². The van der Waals surface area contributed by atoms with Crippen LogP contribution < -0.4 is 10.1 Å². The van der Waals surface area contributed by atoms with Crippen molar-refractivity contribution < 1.29 is 9.13 Å². The third-order valence-electron chi connectivity index (χ3n) is 3.37. The first kappa shape index (κ1) is 12.2. The average Bonchev–Trinajstić information content (AvgIpc) is 2.41. The molecule has 1 aliphatic rings. The average molecular weight is 257 g/mol. The molecule has 0 aliphatic carbocycles. The van der Waals surface area contributed by atoms with Gasteiger partial charge in [-0.2, -0.15) is 0 Å². The lowest BCUT2D eigenvalue weighted by atomic mass is 10.0. The van der Waals surface area contributed by atoms with Crippen molar-refractivity contribution in [1.29, 1.82) is 0 Å². The van der Waals surface area contributed by atoms with Gasteiger partial charge in [0, 0.05) is 24.6 Å². The van der Waals surface area contributed by atoms with Gasteiger partial charge in [0.05, 0.1) is 0 Å². The van der Waals surface area contributed by atoms with Gasteiger partial charge in [-0.3, -0.25) is 0 Å². The summed E-state index contributed by atoms with van der Waals surface area (Å²) in [6.07, 6.45) is 0.842. The topological polar surface area (TPSA) is 21.3 Å². The van der Waals surface area contributed by atoms with Crippen LogP contribution in [0.15, 0.2) is 48.5 Å². The normalized spacial score (nSPS) is 18.9. The molecule has 0 spiro atoms. The van der Waals surface area contributed by atoms with E-state index in [4.69, 9.17) is 4.74 Å². The Morgan fingerprint density at radius 2 is 1.95 bits per heavy atom. The van der Waals surface area contributed by atoms with Crippen molar-refractivity contribution in [2.45, 2.75) is 19.1 Å². The zero-order valence-corrected chi connectivity index (χ0v) is 10.6. The minimum atomic E-state index is -0.258. The maximum absolute atomic E-state index is 13.4. The fourth-order valence-corrected chi connectivity index (χ4v) is 2.35. The summed E-state index contributed by atoms with van der Waals surface area (Å²) in [7, 11) is 0. The Morgan fingerprint density at radius 3 is 2.79 bits per heavy atom. The fraction of sp³-hybridized carbons (Fsp3) is 0.250. The summed E-state index contributed by atoms with van der Waals surface area (Å²) in [5.74, 6) is 0.382. The van der Waals surface area contributed by atoms with Crippen molar-refractivity contribution in [2.75, 3.05) is 6.54 Å². The van der Waals surface area contributed by atoms with E-state index in [9.17, 15) is 4.39 Å². The number of fused-ring (bicyclic) bond motifs is 1. The third-order valence-corrected chi connectivity index (χ3v) is 3.37. The SMILES string of the molecule is Fc1ccc2c(c1)OC(c1ccccc1)CCNC2. The van der Waals surface area contributed by atoms with E-state index in [1.807, 2.05) is 30.3 Å². The molecule has 3 rings (SSSR count). The number of hydrogen-bond acceptors (Lipinski definition) is 2. The lowest BCUT2D eigenvalue weighted by molar-refractivity contribution is 0.185. The molecule has 0 amide bonds. The van der Waals surface area contributed by atoms with Gasteiger partial charge in [-0.25, -0.2) is 4.39 Å². The van der Waals surface area contributed by atoms with E-state index in [1.165, 1.54) is 12.1 Å². The van der Waals surface area contributed by atoms with Gasteiger partial charge in [-0.05, 0) is 18.2 Å². The predicted octanol–water partition coefficient (Wildman–Crippen LogP) is 3.44. The molecular weight excluding hydrogens is 241 g/mol. The van der Waals surface area contributed by atoms with E-state index in [2.05, 4.69) is 5.32 Å². The Labute approximate surface area is 112 Å². The molecule has 2 aromatic rings. The second-order valence-electron chi connectivity index (χ2n) is 4.73. The predicted molar refractivity (Wildman–Crippen MR) is 72.5 cm³/mol. The van der Waals surface area contributed by atoms with Crippen LogP contribution in [0.1, 0.15) is 23.7 Å². The molecule has 98 valence electrons. The molecule has 1 unspecified atom stereocenters. The van der Waals surface area contributed by atoms with Gasteiger partial charge < -0.3 is 10.1 Å². The first-order chi connectivity index (χ1) is 9.33. The number of halogens is 1. The highest BCUT2D eigenvalue weighted by molar-refractivity contribution is 5.35. The summed E-state index contributed by atoms with van der Waals surface area (Å²) >= 11 is 0. The lowest BCUT2D eigenvalue weighted by Crippen LogP contribution is -2.23. The van der Waals surface area contributed by atoms with E-state index >= 15 is 0 Å². The van der Waals surface area contributed by atoms with E-state index in [1.54, 1.807) is 6.07 Å². The van der Waals surface area contributed by atoms with Crippen LogP contribution in [0.25, 0.3) is 0 Å². The zero-order chi connectivity index (χ0) is 13.1. The van der Waals surface area contributed by atoms with Gasteiger partial charge in [0.1, 0.15) is 17.7 Å². The molecule has 0 radical (unpaired) electrons. The lowest BCUT2D eigenvalue weighted by Gasteiger charge is -2.24. The smallest absolute Gasteiger partial charge is 0.127 e. The fourth-order valence-electron chi connectivity index (χ4n) is 2.35. The van der Waals surface area contributed by atoms with E-state index in [0.29, 0.717) is 5.75 Å². The Kier molecular flexibility index (Phi) is 3.47. The summed E-state index contributed by atoms with van der Waals surface area (Å²) in [5, 5.41) is 3.36. The number of hydrogen-bond donors (Lipinski definition) is 1. The largest absolute Gasteiger partial charge is 0.485 e. The van der Waals surface area contributed by atoms with Crippen LogP contribution in [0.3, 0.4) is 0 Å². The summed E-state index contributed by atoms with van der Waals surface area (Å²) < 4.78 is 19.4. The molecule has 1 atom stereocenters. The molecule has 1 aliphatic heterocycles. The standard InChI is InChI=1S/C16H16FNO/c17-14-7-6-13-11-18-9-8-15(19-16(13)10-14)12-4-2-1-3-5-12/h1-7,10,15,18H,8-9,11H2. The molecule has 2 aromatic carbocycles. The van der Waals surface area contributed by atoms with Crippen LogP contribution in [-0.4, -0.2) is 6.54 Å². The van der Waals surface area contributed by atoms with Crippen LogP contribution in [-0.2, 0) is 6.54 Å². The summed E-state index contributed by atoms with van der Waals surface area (Å²) in [4.78, 5) is 0. The van der Waals surface area contributed by atoms with Gasteiger partial charge in [-0.15, -0.1) is 0 Å². The van der Waals surface area contributed by atoms with E-state index < -0.39 is 0 Å². The van der Waals surface area contributed by atoms with Crippen LogP contribution >= 0.6 is 0 Å². The second-order valence-corrected chi connectivity index (χ2v) is 4.73. The number of benzene rings is 2. The molecule has 1 N–H and O–H groups in total. The molecule has 19 heavy (non-hydrogen) atoms. The van der Waals surface area contributed by atoms with Crippen molar-refractivity contribution in [1.82, 2.24) is 5.32 Å². The molecule has 0 aromatic heterocycles. The van der Waals surface area contributed by atoms with Gasteiger partial charge in [0.25, 0.3) is 0 Å². The zero-order valence-electron chi connectivity index (χ0n) is 10.6. The first-order valence-electron chi connectivity index (χ1n) is 6.54. The number of ether oxygens (including phenoxy) is 1. The summed E-state index contributed by atoms with van der Waals surface area (Å²) in [6, 6.07) is 14.8. The Hall–Kier alpha value is -1.87. The minimum Gasteiger partial charge on any atom is -0.485 e. The Balaban J connectivity index is 1.93. The summed E-state index contributed by atoms with van der Waals surface area (Å²) in [5.41, 5.74) is 2.13. The maximum Gasteiger partial charge on any atom is 0.127 e. The number of nitrogens with one attached hydrogen (secondary N) is 1. The van der Waals surface area contributed by atoms with Crippen molar-refractivity contribution in [3.05, 3.63) is 65.5 Å². The molecule has 3 heteroatoms. The van der Waals surface area contributed by atoms with E-state index in [0.717, 1.165) is 30.6 Å². The molecule has 0 bridgehead atoms. The highest BCUT2D eigenvalue weighted by Gasteiger charge is 2.18. The van der Waals surface area contributed by atoms with Crippen molar-refractivity contribution in [3.63, 3.8) is 0 Å². The first-order valence-corrected chi connectivity index (χ1v) is 6.54. The highest BCUT2D eigenvalue weighted by Crippen LogP contribution is 2.29. The quantitative estimate of drug-likeness (QED) is 0.845. The van der Waals surface area contributed by atoms with Crippen molar-refractivity contribution in [2.24, 2.45) is 0 Å². The van der Waals surface area contributed by atoms with Gasteiger partial charge in [-0.1, -0.05) is 36.4 Å². The molecule has 0 saturated heterocycles. The van der Waals surface area contributed by atoms with Crippen molar-refractivity contribution >= 4 is 0 Å². The minimum absolute atomic E-state index is 0.0328. The second kappa shape index (κ2) is 5.41. The van der Waals surface area contributed by atoms with Crippen LogP contribution in [0.5, 0.6) is 5.75 Å². The monoisotopic (exact) mass is 257 g/mol. The third kappa shape index (κ3) is 2.76. The van der Waals surface area contributed by atoms with Crippen LogP contribution in [0.2, 0.25) is 0 Å². The van der Waals surface area contributed by atoms with Crippen LogP contribution in [0, 0.1) is 5.82 Å². The van der Waals surface area contributed by atoms with Gasteiger partial charge in [0.2, 0.25) is 0 Å². The maximum atomic E-state index is 13.4. The molecule has 2 nitrogen and oxygen atoms in total. The summed E-state index contributed by atoms with van der Waals surface area (Å²) in [6.45, 7) is 1.60. The Morgan fingerprint density at radius 1 is 1.11 bits per heavy atom. The molecular formula is C16H16FNO. The molecule has 1 heterocycles. The highest BCUT2D eigenvalue weighted by atomic mass is 19.1. The van der Waals surface area contributed by atoms with Crippen LogP contribution in [0.4, 0.5) is 4.39 Å². The van der Waals surface area contributed by atoms with Gasteiger partial charge >= 0.3 is 0 Å². The van der Waals surface area contributed by atoms with Gasteiger partial charge in [0.15, 0.2) is 0 Å².